The van der Waals surface area contributed by atoms with Gasteiger partial charge in [-0.1, -0.05) is 12.1 Å². The van der Waals surface area contributed by atoms with Gasteiger partial charge in [0.15, 0.2) is 11.5 Å². The fourth-order valence-corrected chi connectivity index (χ4v) is 4.12. The zero-order valence-corrected chi connectivity index (χ0v) is 16.9. The molecule has 3 atom stereocenters. The quantitative estimate of drug-likeness (QED) is 0.278. The predicted octanol–water partition coefficient (Wildman–Crippen LogP) is -1.44. The lowest BCUT2D eigenvalue weighted by atomic mass is 10.1. The van der Waals surface area contributed by atoms with Gasteiger partial charge in [-0.3, -0.25) is 4.79 Å². The highest BCUT2D eigenvalue weighted by atomic mass is 32.2. The Morgan fingerprint density at radius 2 is 2.03 bits per heavy atom. The standard InChI is InChI=1S/C17H20N8O5S/c18-10-4-2-1-3-9(10)17(27)24-31(28,29)23-5-12-14(26)11(6-30-12)25-8-22-13-15(19)20-7-21-16(13)25/h1-4,7-8,11-12,14,23,26H,5-6,18H2,(H,24,27)(H2,19,20,21)/t11?,12-,14+/m1/s1. The van der Waals surface area contributed by atoms with Crippen molar-refractivity contribution in [3.8, 4) is 0 Å². The molecule has 14 heteroatoms. The number of hydrogen-bond donors (Lipinski definition) is 5. The molecule has 1 fully saturated rings. The lowest BCUT2D eigenvalue weighted by Gasteiger charge is -2.19. The second-order valence-electron chi connectivity index (χ2n) is 6.88. The summed E-state index contributed by atoms with van der Waals surface area (Å²) in [6, 6.07) is 5.51. The van der Waals surface area contributed by atoms with Gasteiger partial charge in [0.1, 0.15) is 17.9 Å². The first-order chi connectivity index (χ1) is 14.8. The molecule has 0 saturated carbocycles. The van der Waals surface area contributed by atoms with Crippen LogP contribution in [0, 0.1) is 0 Å². The summed E-state index contributed by atoms with van der Waals surface area (Å²) < 4.78 is 35.7. The molecule has 1 aliphatic heterocycles. The molecule has 13 nitrogen and oxygen atoms in total. The van der Waals surface area contributed by atoms with Gasteiger partial charge < -0.3 is 25.9 Å². The molecule has 0 spiro atoms. The number of fused-ring (bicyclic) bond motifs is 1. The van der Waals surface area contributed by atoms with Crippen LogP contribution in [0.15, 0.2) is 36.9 Å². The Balaban J connectivity index is 1.40. The summed E-state index contributed by atoms with van der Waals surface area (Å²) in [5, 5.41) is 10.7. The number of nitrogens with one attached hydrogen (secondary N) is 2. The van der Waals surface area contributed by atoms with Gasteiger partial charge in [0, 0.05) is 12.2 Å². The summed E-state index contributed by atoms with van der Waals surface area (Å²) in [6.07, 6.45) is 0.808. The van der Waals surface area contributed by atoms with Crippen LogP contribution in [-0.2, 0) is 14.9 Å². The first-order valence-electron chi connectivity index (χ1n) is 9.16. The van der Waals surface area contributed by atoms with Crippen molar-refractivity contribution in [2.45, 2.75) is 18.2 Å². The Morgan fingerprint density at radius 1 is 1.26 bits per heavy atom. The third-order valence-corrected chi connectivity index (χ3v) is 5.91. The summed E-state index contributed by atoms with van der Waals surface area (Å²) in [5.74, 6) is -0.671. The van der Waals surface area contributed by atoms with E-state index < -0.39 is 34.4 Å². The summed E-state index contributed by atoms with van der Waals surface area (Å²) >= 11 is 0. The van der Waals surface area contributed by atoms with Crippen molar-refractivity contribution >= 4 is 38.8 Å². The van der Waals surface area contributed by atoms with E-state index in [4.69, 9.17) is 16.2 Å². The van der Waals surface area contributed by atoms with Gasteiger partial charge in [-0.2, -0.15) is 13.1 Å². The third kappa shape index (κ3) is 4.13. The lowest BCUT2D eigenvalue weighted by Crippen LogP contribution is -2.45. The van der Waals surface area contributed by atoms with Crippen LogP contribution in [0.2, 0.25) is 0 Å². The molecule has 0 aliphatic carbocycles. The molecule has 4 rings (SSSR count). The average molecular weight is 448 g/mol. The van der Waals surface area contributed by atoms with Gasteiger partial charge in [-0.05, 0) is 12.1 Å². The number of benzene rings is 1. The highest BCUT2D eigenvalue weighted by Crippen LogP contribution is 2.28. The van der Waals surface area contributed by atoms with Crippen LogP contribution in [0.4, 0.5) is 11.5 Å². The zero-order chi connectivity index (χ0) is 22.2. The molecular weight excluding hydrogens is 428 g/mol. The van der Waals surface area contributed by atoms with Crippen LogP contribution in [0.25, 0.3) is 11.2 Å². The number of carbonyl (C=O) groups is 1. The minimum atomic E-state index is -4.22. The number of imidazole rings is 1. The van der Waals surface area contributed by atoms with Gasteiger partial charge in [0.2, 0.25) is 0 Å². The van der Waals surface area contributed by atoms with Gasteiger partial charge in [-0.25, -0.2) is 19.7 Å². The Labute approximate surface area is 176 Å². The molecule has 1 unspecified atom stereocenters. The topological polar surface area (TPSA) is 200 Å². The monoisotopic (exact) mass is 448 g/mol. The highest BCUT2D eigenvalue weighted by Gasteiger charge is 2.38. The Morgan fingerprint density at radius 3 is 2.81 bits per heavy atom. The van der Waals surface area contributed by atoms with Crippen molar-refractivity contribution in [1.29, 1.82) is 0 Å². The maximum Gasteiger partial charge on any atom is 0.301 e. The molecule has 1 aromatic carbocycles. The Hall–Kier alpha value is -3.33. The molecule has 164 valence electrons. The number of nitrogens with two attached hydrogens (primary N) is 2. The number of carbonyl (C=O) groups excluding carboxylic acids is 1. The van der Waals surface area contributed by atoms with E-state index >= 15 is 0 Å². The summed E-state index contributed by atoms with van der Waals surface area (Å²) in [5.41, 5.74) is 12.5. The van der Waals surface area contributed by atoms with Crippen molar-refractivity contribution in [3.05, 3.63) is 42.5 Å². The minimum Gasteiger partial charge on any atom is -0.398 e. The number of nitrogens with zero attached hydrogens (tertiary/aromatic N) is 4. The van der Waals surface area contributed by atoms with Crippen LogP contribution in [0.3, 0.4) is 0 Å². The number of hydrogen-bond acceptors (Lipinski definition) is 10. The smallest absolute Gasteiger partial charge is 0.301 e. The summed E-state index contributed by atoms with van der Waals surface area (Å²) in [6.45, 7) is -0.176. The second-order valence-corrected chi connectivity index (χ2v) is 8.38. The van der Waals surface area contributed by atoms with E-state index in [2.05, 4.69) is 19.7 Å². The Kier molecular flexibility index (Phi) is 5.45. The average Bonchev–Trinajstić information content (AvgIpc) is 3.30. The number of aliphatic hydroxyl groups is 1. The van der Waals surface area contributed by atoms with E-state index in [9.17, 15) is 18.3 Å². The van der Waals surface area contributed by atoms with E-state index in [-0.39, 0.29) is 30.2 Å². The van der Waals surface area contributed by atoms with Crippen LogP contribution in [0.1, 0.15) is 16.4 Å². The van der Waals surface area contributed by atoms with E-state index in [0.29, 0.717) is 11.2 Å². The van der Waals surface area contributed by atoms with Crippen molar-refractivity contribution in [1.82, 2.24) is 29.0 Å². The largest absolute Gasteiger partial charge is 0.398 e. The molecule has 31 heavy (non-hydrogen) atoms. The SMILES string of the molecule is Nc1ccccc1C(=O)NS(=O)(=O)NC[C@H]1OCC(n2cnc3c(N)ncnc32)[C@@H]1O. The summed E-state index contributed by atoms with van der Waals surface area (Å²) in [7, 11) is -4.22. The number of anilines is 2. The minimum absolute atomic E-state index is 0.0262. The molecule has 1 amide bonds. The molecule has 0 radical (unpaired) electrons. The van der Waals surface area contributed by atoms with Crippen LogP contribution < -0.4 is 20.9 Å². The fraction of sp³-hybridized carbons (Fsp3) is 0.294. The molecule has 1 aliphatic rings. The number of ether oxygens (including phenoxy) is 1. The van der Waals surface area contributed by atoms with E-state index in [1.807, 2.05) is 4.72 Å². The number of rotatable bonds is 6. The molecule has 3 aromatic rings. The second kappa shape index (κ2) is 8.07. The van der Waals surface area contributed by atoms with Gasteiger partial charge in [0.25, 0.3) is 5.91 Å². The van der Waals surface area contributed by atoms with Gasteiger partial charge in [-0.15, -0.1) is 0 Å². The third-order valence-electron chi connectivity index (χ3n) is 4.91. The van der Waals surface area contributed by atoms with Gasteiger partial charge in [0.05, 0.1) is 30.6 Å². The van der Waals surface area contributed by atoms with Crippen molar-refractivity contribution in [2.24, 2.45) is 0 Å². The number of amides is 1. The number of nitrogen functional groups attached to an aromatic ring is 2. The first-order valence-corrected chi connectivity index (χ1v) is 10.6. The van der Waals surface area contributed by atoms with Gasteiger partial charge >= 0.3 is 10.2 Å². The number of aliphatic hydroxyl groups excluding tert-OH is 1. The number of aromatic nitrogens is 4. The first kappa shape index (κ1) is 20.9. The summed E-state index contributed by atoms with van der Waals surface area (Å²) in [4.78, 5) is 24.3. The predicted molar refractivity (Wildman–Crippen MR) is 110 cm³/mol. The normalized spacial score (nSPS) is 21.4. The highest BCUT2D eigenvalue weighted by molar-refractivity contribution is 7.88. The number of para-hydroxylation sites is 1. The maximum absolute atomic E-state index is 12.2. The fourth-order valence-electron chi connectivity index (χ4n) is 3.31. The Bertz CT molecular complexity index is 1230. The zero-order valence-electron chi connectivity index (χ0n) is 16.0. The molecular formula is C17H20N8O5S. The van der Waals surface area contributed by atoms with Crippen molar-refractivity contribution < 1.29 is 23.1 Å². The lowest BCUT2D eigenvalue weighted by molar-refractivity contribution is 0.0433. The molecule has 3 heterocycles. The molecule has 1 saturated heterocycles. The van der Waals surface area contributed by atoms with Crippen molar-refractivity contribution in [2.75, 3.05) is 24.6 Å². The van der Waals surface area contributed by atoms with E-state index in [1.165, 1.54) is 24.8 Å². The van der Waals surface area contributed by atoms with Crippen LogP contribution >= 0.6 is 0 Å². The van der Waals surface area contributed by atoms with E-state index in [0.717, 1.165) is 0 Å². The van der Waals surface area contributed by atoms with Crippen LogP contribution in [-0.4, -0.2) is 64.3 Å². The molecule has 2 aromatic heterocycles. The van der Waals surface area contributed by atoms with Crippen molar-refractivity contribution in [3.63, 3.8) is 0 Å². The maximum atomic E-state index is 12.2. The molecule has 7 N–H and O–H groups in total. The van der Waals surface area contributed by atoms with Crippen LogP contribution in [0.5, 0.6) is 0 Å². The van der Waals surface area contributed by atoms with E-state index in [1.54, 1.807) is 16.7 Å². The molecule has 0 bridgehead atoms.